The number of aromatic nitrogens is 6. The van der Waals surface area contributed by atoms with Crippen LogP contribution in [0.5, 0.6) is 11.5 Å². The summed E-state index contributed by atoms with van der Waals surface area (Å²) >= 11 is 5.18. The van der Waals surface area contributed by atoms with Crippen LogP contribution in [0.2, 0.25) is 0 Å². The van der Waals surface area contributed by atoms with Gasteiger partial charge in [-0.2, -0.15) is 4.52 Å². The lowest BCUT2D eigenvalue weighted by molar-refractivity contribution is 0.0794. The molecule has 6 aromatic rings. The van der Waals surface area contributed by atoms with Crippen LogP contribution in [0.4, 0.5) is 19.0 Å². The Morgan fingerprint density at radius 3 is 1.82 bits per heavy atom. The number of halogens is 3. The molecule has 56 heavy (non-hydrogen) atoms. The van der Waals surface area contributed by atoms with Crippen molar-refractivity contribution in [2.24, 2.45) is 11.5 Å². The molecular formula is C34H42BF2IN10O6S2. The van der Waals surface area contributed by atoms with Gasteiger partial charge in [0.05, 0.1) is 44.5 Å². The maximum absolute atomic E-state index is 13.5. The molecule has 0 amide bonds. The van der Waals surface area contributed by atoms with Gasteiger partial charge in [-0.05, 0) is 67.5 Å². The SMILES string of the molecule is COc1cc(F)ccc1-c1cnc2sc(N3CC[C@@](C)(N)[C@H](O)C3)nn12.COc1cc(F)ccc1B(O)O.C[C@@]1(N)CCN(c2nn3c(I)cnc3s2)C[C@H]1O. The highest BCUT2D eigenvalue weighted by Crippen LogP contribution is 2.35. The van der Waals surface area contributed by atoms with Gasteiger partial charge in [-0.25, -0.2) is 23.3 Å². The number of β-amino-alcohol motifs (C(OH)–C–C–N with tert-alkyl or cyclic N) is 2. The topological polar surface area (TPSA) is 218 Å². The van der Waals surface area contributed by atoms with Crippen molar-refractivity contribution in [2.45, 2.75) is 50.0 Å². The minimum atomic E-state index is -1.64. The maximum Gasteiger partial charge on any atom is 0.492 e. The highest BCUT2D eigenvalue weighted by molar-refractivity contribution is 14.1. The third-order valence-electron chi connectivity index (χ3n) is 9.71. The predicted octanol–water partition coefficient (Wildman–Crippen LogP) is 2.09. The molecule has 4 atom stereocenters. The summed E-state index contributed by atoms with van der Waals surface area (Å²) < 4.78 is 40.6. The maximum atomic E-state index is 13.5. The summed E-state index contributed by atoms with van der Waals surface area (Å²) in [6.45, 7) is 6.25. The van der Waals surface area contributed by atoms with Crippen molar-refractivity contribution in [2.75, 3.05) is 50.2 Å². The third kappa shape index (κ3) is 9.02. The molecule has 8 N–H and O–H groups in total. The number of benzene rings is 2. The van der Waals surface area contributed by atoms with Gasteiger partial charge in [-0.1, -0.05) is 28.7 Å². The number of fused-ring (bicyclic) bond motifs is 2. The Balaban J connectivity index is 0.000000154. The van der Waals surface area contributed by atoms with E-state index in [0.717, 1.165) is 61.2 Å². The van der Waals surface area contributed by atoms with Crippen molar-refractivity contribution < 1.29 is 38.5 Å². The number of hydrogen-bond donors (Lipinski definition) is 6. The summed E-state index contributed by atoms with van der Waals surface area (Å²) in [6.07, 6.45) is 3.78. The van der Waals surface area contributed by atoms with Crippen molar-refractivity contribution in [1.29, 1.82) is 0 Å². The number of nitrogens with zero attached hydrogens (tertiary/aromatic N) is 8. The molecule has 6 heterocycles. The van der Waals surface area contributed by atoms with Gasteiger partial charge in [-0.3, -0.25) is 0 Å². The second kappa shape index (κ2) is 17.0. The average molecular weight is 927 g/mol. The number of rotatable bonds is 6. The number of aliphatic hydroxyl groups excluding tert-OH is 2. The van der Waals surface area contributed by atoms with E-state index in [1.54, 1.807) is 23.0 Å². The molecule has 300 valence electrons. The Bertz CT molecular complexity index is 2290. The lowest BCUT2D eigenvalue weighted by atomic mass is 9.79. The first-order chi connectivity index (χ1) is 26.5. The standard InChI is InChI=1S/C17H20FN5O2S.C10H14IN5OS.C7H8BFO3/c1-17(19)5-6-22(9-14(17)24)16-21-23-12(8-20-15(23)26-16)11-4-3-10(18)7-13(11)25-2;1-10(12)2-3-15(5-6(10)17)9-14-16-7(11)4-13-8(16)18-9;1-12-7-4-5(9)2-3-6(7)8(10)11/h3-4,7-8,14,24H,5-6,9,19H2,1-2H3;4,6,17H,2-3,5,12H2,1H3;2-4,10-11H,1H3/t14-,17-;6-,10-;/m11./s1. The molecule has 4 aromatic heterocycles. The monoisotopic (exact) mass is 926 g/mol. The molecule has 8 rings (SSSR count). The molecule has 2 saturated heterocycles. The zero-order valence-corrected chi connectivity index (χ0v) is 34.7. The van der Waals surface area contributed by atoms with E-state index in [2.05, 4.69) is 47.7 Å². The van der Waals surface area contributed by atoms with Crippen LogP contribution in [0.15, 0.2) is 48.8 Å². The Labute approximate surface area is 342 Å². The van der Waals surface area contributed by atoms with Crippen molar-refractivity contribution in [3.63, 3.8) is 0 Å². The zero-order chi connectivity index (χ0) is 40.5. The highest BCUT2D eigenvalue weighted by atomic mass is 127. The number of ether oxygens (including phenoxy) is 2. The molecule has 0 aliphatic carbocycles. The summed E-state index contributed by atoms with van der Waals surface area (Å²) in [5.41, 5.74) is 12.6. The molecule has 22 heteroatoms. The van der Waals surface area contributed by atoms with E-state index in [4.69, 9.17) is 31.0 Å². The van der Waals surface area contributed by atoms with Crippen LogP contribution in [-0.2, 0) is 0 Å². The number of nitrogens with two attached hydrogens (primary N) is 2. The number of piperidine rings is 2. The van der Waals surface area contributed by atoms with Crippen LogP contribution in [0, 0.1) is 15.3 Å². The number of imidazole rings is 2. The largest absolute Gasteiger partial charge is 0.497 e. The lowest BCUT2D eigenvalue weighted by Crippen LogP contribution is -2.59. The van der Waals surface area contributed by atoms with E-state index in [9.17, 15) is 19.0 Å². The fourth-order valence-corrected chi connectivity index (χ4v) is 8.47. The smallest absolute Gasteiger partial charge is 0.492 e. The number of aliphatic hydroxyl groups is 2. The van der Waals surface area contributed by atoms with Gasteiger partial charge in [0, 0.05) is 60.4 Å². The summed E-state index contributed by atoms with van der Waals surface area (Å²) in [5, 5.41) is 48.7. The molecule has 0 saturated carbocycles. The molecule has 0 bridgehead atoms. The minimum absolute atomic E-state index is 0.130. The molecule has 0 spiro atoms. The normalized spacial score (nSPS) is 22.4. The van der Waals surface area contributed by atoms with Crippen LogP contribution >= 0.6 is 45.3 Å². The quantitative estimate of drug-likeness (QED) is 0.104. The molecule has 2 aliphatic rings. The van der Waals surface area contributed by atoms with Crippen molar-refractivity contribution in [1.82, 2.24) is 29.2 Å². The van der Waals surface area contributed by atoms with Crippen molar-refractivity contribution >= 4 is 78.0 Å². The molecule has 0 unspecified atom stereocenters. The fraction of sp³-hybridized carbons (Fsp3) is 0.412. The second-order valence-corrected chi connectivity index (χ2v) is 16.9. The van der Waals surface area contributed by atoms with E-state index in [1.165, 1.54) is 55.1 Å². The van der Waals surface area contributed by atoms with Gasteiger partial charge in [-0.15, -0.1) is 10.2 Å². The first kappa shape index (κ1) is 41.9. The van der Waals surface area contributed by atoms with Crippen LogP contribution in [-0.4, -0.2) is 120 Å². The first-order valence-electron chi connectivity index (χ1n) is 17.3. The molecule has 0 radical (unpaired) electrons. The van der Waals surface area contributed by atoms with E-state index in [1.807, 2.05) is 23.3 Å². The number of anilines is 2. The average Bonchev–Trinajstić information content (AvgIpc) is 3.94. The minimum Gasteiger partial charge on any atom is -0.497 e. The van der Waals surface area contributed by atoms with Crippen LogP contribution in [0.1, 0.15) is 26.7 Å². The van der Waals surface area contributed by atoms with Gasteiger partial charge in [0.2, 0.25) is 20.2 Å². The Hall–Kier alpha value is -3.75. The van der Waals surface area contributed by atoms with Gasteiger partial charge >= 0.3 is 7.12 Å². The van der Waals surface area contributed by atoms with E-state index >= 15 is 0 Å². The van der Waals surface area contributed by atoms with E-state index in [0.29, 0.717) is 30.8 Å². The Kier molecular flexibility index (Phi) is 12.7. The van der Waals surface area contributed by atoms with Crippen LogP contribution < -0.4 is 36.2 Å². The van der Waals surface area contributed by atoms with Gasteiger partial charge in [0.15, 0.2) is 0 Å². The molecule has 16 nitrogen and oxygen atoms in total. The van der Waals surface area contributed by atoms with Crippen LogP contribution in [0.25, 0.3) is 21.2 Å². The van der Waals surface area contributed by atoms with Gasteiger partial charge in [0.25, 0.3) is 0 Å². The van der Waals surface area contributed by atoms with E-state index < -0.39 is 36.2 Å². The Morgan fingerprint density at radius 2 is 1.30 bits per heavy atom. The van der Waals surface area contributed by atoms with E-state index in [-0.39, 0.29) is 17.0 Å². The molecule has 2 fully saturated rings. The third-order valence-corrected chi connectivity index (χ3v) is 12.4. The summed E-state index contributed by atoms with van der Waals surface area (Å²) in [6, 6.07) is 7.87. The molecule has 2 aromatic carbocycles. The fourth-order valence-electron chi connectivity index (χ4n) is 6.00. The summed E-state index contributed by atoms with van der Waals surface area (Å²) in [4.78, 5) is 14.4. The number of methoxy groups -OCH3 is 2. The molecular weight excluding hydrogens is 884 g/mol. The second-order valence-electron chi connectivity index (χ2n) is 13.9. The number of hydrogen-bond acceptors (Lipinski definition) is 16. The van der Waals surface area contributed by atoms with Gasteiger partial charge < -0.3 is 51.0 Å². The summed E-state index contributed by atoms with van der Waals surface area (Å²) in [7, 11) is 1.20. The highest BCUT2D eigenvalue weighted by Gasteiger charge is 2.37. The lowest BCUT2D eigenvalue weighted by Gasteiger charge is -2.40. The molecule has 2 aliphatic heterocycles. The van der Waals surface area contributed by atoms with Crippen LogP contribution in [0.3, 0.4) is 0 Å². The summed E-state index contributed by atoms with van der Waals surface area (Å²) in [5.74, 6) is -0.285. The predicted molar refractivity (Wildman–Crippen MR) is 220 cm³/mol. The van der Waals surface area contributed by atoms with Gasteiger partial charge in [0.1, 0.15) is 26.8 Å². The van der Waals surface area contributed by atoms with Crippen molar-refractivity contribution in [3.05, 3.63) is 64.1 Å². The first-order valence-corrected chi connectivity index (χ1v) is 20.0. The Morgan fingerprint density at radius 1 is 0.804 bits per heavy atom. The zero-order valence-electron chi connectivity index (χ0n) is 30.9. The van der Waals surface area contributed by atoms with Crippen molar-refractivity contribution in [3.8, 4) is 22.8 Å².